The summed E-state index contributed by atoms with van der Waals surface area (Å²) in [6.07, 6.45) is 0. The Hall–Kier alpha value is -1.27. The predicted octanol–water partition coefficient (Wildman–Crippen LogP) is 8.03. The van der Waals surface area contributed by atoms with Crippen molar-refractivity contribution in [2.24, 2.45) is 0 Å². The predicted molar refractivity (Wildman–Crippen MR) is 158 cm³/mol. The number of hydrogen-bond donors (Lipinski definition) is 0. The molecule has 0 fully saturated rings. The van der Waals surface area contributed by atoms with Crippen molar-refractivity contribution in [1.29, 1.82) is 0 Å². The molecule has 0 atom stereocenters. The Bertz CT molecular complexity index is 1640. The molecular formula is C24H16F3I3O5S. The lowest BCUT2D eigenvalue weighted by atomic mass is 9.90. The van der Waals surface area contributed by atoms with Gasteiger partial charge in [-0.2, -0.15) is 21.6 Å². The fourth-order valence-electron chi connectivity index (χ4n) is 4.05. The number of aryl methyl sites for hydroxylation is 1. The summed E-state index contributed by atoms with van der Waals surface area (Å²) in [7, 11) is -3.02. The molecule has 0 aliphatic carbocycles. The van der Waals surface area contributed by atoms with Gasteiger partial charge in [0.1, 0.15) is 11.5 Å². The first-order valence-electron chi connectivity index (χ1n) is 10.1. The van der Waals surface area contributed by atoms with Crippen molar-refractivity contribution in [1.82, 2.24) is 0 Å². The minimum absolute atomic E-state index is 0.138. The largest absolute Gasteiger partial charge is 0.534 e. The van der Waals surface area contributed by atoms with Crippen LogP contribution in [-0.2, 0) is 10.1 Å². The van der Waals surface area contributed by atoms with Crippen molar-refractivity contribution in [2.75, 3.05) is 14.2 Å². The molecule has 4 aromatic rings. The third-order valence-electron chi connectivity index (χ3n) is 5.51. The first kappa shape index (κ1) is 27.8. The molecule has 4 rings (SSSR count). The monoisotopic (exact) mass is 854 g/mol. The number of methoxy groups -OCH3 is 2. The summed E-state index contributed by atoms with van der Waals surface area (Å²) >= 11 is 6.47. The van der Waals surface area contributed by atoms with Gasteiger partial charge in [0.15, 0.2) is 5.75 Å². The Labute approximate surface area is 246 Å². The molecule has 4 aromatic carbocycles. The molecule has 0 amide bonds. The average molecular weight is 854 g/mol. The highest BCUT2D eigenvalue weighted by atomic mass is 127. The second-order valence-corrected chi connectivity index (χ2v) is 12.9. The van der Waals surface area contributed by atoms with Crippen molar-refractivity contribution in [2.45, 2.75) is 12.4 Å². The highest BCUT2D eigenvalue weighted by molar-refractivity contribution is 14.1. The number of hydrogen-bond acceptors (Lipinski definition) is 5. The summed E-state index contributed by atoms with van der Waals surface area (Å²) in [5.41, 5.74) is -3.67. The maximum absolute atomic E-state index is 13.2. The molecule has 0 bridgehead atoms. The Kier molecular flexibility index (Phi) is 7.81. The van der Waals surface area contributed by atoms with E-state index in [-0.39, 0.29) is 11.1 Å². The van der Waals surface area contributed by atoms with Gasteiger partial charge in [-0.25, -0.2) is 0 Å². The quantitative estimate of drug-likeness (QED) is 0.116. The van der Waals surface area contributed by atoms with E-state index in [4.69, 9.17) is 9.47 Å². The van der Waals surface area contributed by atoms with Crippen LogP contribution in [0.25, 0.3) is 32.7 Å². The third kappa shape index (κ3) is 4.93. The van der Waals surface area contributed by atoms with E-state index < -0.39 is 21.4 Å². The van der Waals surface area contributed by atoms with Crippen molar-refractivity contribution >= 4 is 99.4 Å². The minimum Gasteiger partial charge on any atom is -0.496 e. The molecule has 0 aromatic heterocycles. The molecule has 0 spiro atoms. The smallest absolute Gasteiger partial charge is 0.496 e. The van der Waals surface area contributed by atoms with Crippen LogP contribution in [0.4, 0.5) is 13.2 Å². The van der Waals surface area contributed by atoms with Gasteiger partial charge < -0.3 is 13.7 Å². The SMILES string of the molecule is COc1cc(I)c2cc(I)ccc2c1-c1c(OC)cc(OS(=O)(=O)C(F)(F)F)c2cc(I)cc(C)c12. The highest BCUT2D eigenvalue weighted by Crippen LogP contribution is 2.50. The Morgan fingerprint density at radius 1 is 0.750 bits per heavy atom. The van der Waals surface area contributed by atoms with Crippen LogP contribution in [0.3, 0.4) is 0 Å². The molecule has 0 saturated heterocycles. The van der Waals surface area contributed by atoms with E-state index in [1.165, 1.54) is 20.3 Å². The van der Waals surface area contributed by atoms with Crippen molar-refractivity contribution < 1.29 is 35.2 Å². The van der Waals surface area contributed by atoms with E-state index in [2.05, 4.69) is 49.4 Å². The van der Waals surface area contributed by atoms with Crippen LogP contribution in [0.15, 0.2) is 42.5 Å². The lowest BCUT2D eigenvalue weighted by Crippen LogP contribution is -2.28. The van der Waals surface area contributed by atoms with E-state index in [0.717, 1.165) is 17.9 Å². The molecular weight excluding hydrogens is 838 g/mol. The fraction of sp³-hybridized carbons (Fsp3) is 0.167. The maximum atomic E-state index is 13.2. The van der Waals surface area contributed by atoms with Gasteiger partial charge in [0.2, 0.25) is 0 Å². The number of ether oxygens (including phenoxy) is 2. The molecule has 0 aliphatic rings. The number of benzene rings is 4. The van der Waals surface area contributed by atoms with Crippen LogP contribution in [0, 0.1) is 17.6 Å². The normalized spacial score (nSPS) is 12.2. The fourth-order valence-corrected chi connectivity index (χ4v) is 6.52. The standard InChI is InChI=1S/C24H16F3I3O5S/c1-11-6-13(29)8-16-18(35-36(31,32)24(25,26)27)10-20(34-3)23(21(11)16)22-14-5-4-12(28)7-15(14)17(30)9-19(22)33-2/h4-10H,1-3H3. The van der Waals surface area contributed by atoms with Gasteiger partial charge in [0, 0.05) is 38.7 Å². The van der Waals surface area contributed by atoms with Gasteiger partial charge in [0.05, 0.1) is 14.2 Å². The lowest BCUT2D eigenvalue weighted by Gasteiger charge is -2.21. The second kappa shape index (κ2) is 10.1. The van der Waals surface area contributed by atoms with Gasteiger partial charge in [-0.1, -0.05) is 6.07 Å². The molecule has 0 N–H and O–H groups in total. The molecule has 190 valence electrons. The van der Waals surface area contributed by atoms with Crippen LogP contribution in [0.5, 0.6) is 17.2 Å². The third-order valence-corrected chi connectivity index (χ3v) is 8.66. The average Bonchev–Trinajstić information content (AvgIpc) is 2.78. The van der Waals surface area contributed by atoms with Crippen LogP contribution < -0.4 is 13.7 Å². The molecule has 0 heterocycles. The number of alkyl halides is 3. The van der Waals surface area contributed by atoms with Gasteiger partial charge >= 0.3 is 15.6 Å². The maximum Gasteiger partial charge on any atom is 0.534 e. The summed E-state index contributed by atoms with van der Waals surface area (Å²) in [5.74, 6) is 0.189. The first-order chi connectivity index (χ1) is 16.8. The van der Waals surface area contributed by atoms with Gasteiger partial charge in [-0.3, -0.25) is 0 Å². The minimum atomic E-state index is -5.91. The van der Waals surface area contributed by atoms with Crippen molar-refractivity contribution in [3.05, 3.63) is 58.7 Å². The summed E-state index contributed by atoms with van der Waals surface area (Å²) < 4.78 is 82.1. The van der Waals surface area contributed by atoms with Gasteiger partial charge in [0.25, 0.3) is 0 Å². The number of rotatable bonds is 5. The topological polar surface area (TPSA) is 61.8 Å². The molecule has 12 heteroatoms. The Balaban J connectivity index is 2.21. The Morgan fingerprint density at radius 3 is 1.97 bits per heavy atom. The summed E-state index contributed by atoms with van der Waals surface area (Å²) in [5, 5.41) is 2.48. The molecule has 36 heavy (non-hydrogen) atoms. The zero-order valence-electron chi connectivity index (χ0n) is 18.8. The molecule has 0 radical (unpaired) electrons. The van der Waals surface area contributed by atoms with Gasteiger partial charge in [-0.15, -0.1) is 0 Å². The zero-order valence-corrected chi connectivity index (χ0v) is 26.0. The number of halogens is 6. The van der Waals surface area contributed by atoms with Crippen LogP contribution in [0.2, 0.25) is 0 Å². The van der Waals surface area contributed by atoms with E-state index in [9.17, 15) is 21.6 Å². The summed E-state index contributed by atoms with van der Waals surface area (Å²) in [4.78, 5) is 0. The molecule has 5 nitrogen and oxygen atoms in total. The highest BCUT2D eigenvalue weighted by Gasteiger charge is 2.49. The van der Waals surface area contributed by atoms with E-state index in [1.807, 2.05) is 52.9 Å². The van der Waals surface area contributed by atoms with Crippen LogP contribution in [0.1, 0.15) is 5.56 Å². The zero-order chi connectivity index (χ0) is 26.6. The Morgan fingerprint density at radius 2 is 1.36 bits per heavy atom. The van der Waals surface area contributed by atoms with Crippen molar-refractivity contribution in [3.8, 4) is 28.4 Å². The van der Waals surface area contributed by atoms with E-state index in [1.54, 1.807) is 13.0 Å². The first-order valence-corrected chi connectivity index (χ1v) is 14.7. The van der Waals surface area contributed by atoms with Gasteiger partial charge in [-0.05, 0) is 121 Å². The van der Waals surface area contributed by atoms with Crippen LogP contribution >= 0.6 is 67.8 Å². The van der Waals surface area contributed by atoms with E-state index >= 15 is 0 Å². The second-order valence-electron chi connectivity index (χ2n) is 7.71. The molecule has 0 aliphatic heterocycles. The molecule has 0 unspecified atom stereocenters. The summed E-state index contributed by atoms with van der Waals surface area (Å²) in [6.45, 7) is 1.79. The van der Waals surface area contributed by atoms with E-state index in [0.29, 0.717) is 31.4 Å². The van der Waals surface area contributed by atoms with Crippen LogP contribution in [-0.4, -0.2) is 28.1 Å². The lowest BCUT2D eigenvalue weighted by molar-refractivity contribution is -0.0499. The number of fused-ring (bicyclic) bond motifs is 2. The molecule has 0 saturated carbocycles. The van der Waals surface area contributed by atoms with Crippen molar-refractivity contribution in [3.63, 3.8) is 0 Å². The summed E-state index contributed by atoms with van der Waals surface area (Å²) in [6, 6.07) is 12.4.